The van der Waals surface area contributed by atoms with Gasteiger partial charge in [-0.25, -0.2) is 0 Å². The molecule has 3 heterocycles. The van der Waals surface area contributed by atoms with Crippen LogP contribution in [0.15, 0.2) is 35.2 Å². The van der Waals surface area contributed by atoms with E-state index in [1.165, 1.54) is 14.0 Å². The lowest BCUT2D eigenvalue weighted by Gasteiger charge is -2.71. The van der Waals surface area contributed by atoms with Crippen LogP contribution in [0.2, 0.25) is 0 Å². The van der Waals surface area contributed by atoms with E-state index in [0.29, 0.717) is 6.42 Å². The van der Waals surface area contributed by atoms with Crippen molar-refractivity contribution < 1.29 is 37.7 Å². The van der Waals surface area contributed by atoms with Gasteiger partial charge >= 0.3 is 17.9 Å². The second-order valence-electron chi connectivity index (χ2n) is 12.4. The van der Waals surface area contributed by atoms with E-state index in [1.807, 2.05) is 6.07 Å². The number of hydrogen-bond donors (Lipinski definition) is 0. The lowest BCUT2D eigenvalue weighted by Crippen LogP contribution is -2.73. The van der Waals surface area contributed by atoms with Crippen LogP contribution in [0.4, 0.5) is 0 Å². The molecule has 2 aliphatic carbocycles. The van der Waals surface area contributed by atoms with E-state index >= 15 is 0 Å². The summed E-state index contributed by atoms with van der Waals surface area (Å²) in [5.41, 5.74) is -0.836. The minimum absolute atomic E-state index is 0.00225. The van der Waals surface area contributed by atoms with E-state index < -0.39 is 34.1 Å². The van der Waals surface area contributed by atoms with Crippen LogP contribution in [-0.4, -0.2) is 42.8 Å². The number of rotatable bonds is 4. The Balaban J connectivity index is 1.63. The molecule has 1 aromatic heterocycles. The van der Waals surface area contributed by atoms with Crippen molar-refractivity contribution in [1.82, 2.24) is 0 Å². The van der Waals surface area contributed by atoms with E-state index in [9.17, 15) is 14.4 Å². The zero-order valence-corrected chi connectivity index (χ0v) is 22.6. The van der Waals surface area contributed by atoms with Gasteiger partial charge in [0.15, 0.2) is 0 Å². The molecule has 8 heteroatoms. The van der Waals surface area contributed by atoms with Crippen molar-refractivity contribution in [3.05, 3.63) is 36.3 Å². The van der Waals surface area contributed by atoms with E-state index in [4.69, 9.17) is 23.4 Å². The molecule has 5 rings (SSSR count). The number of hydrogen-bond acceptors (Lipinski definition) is 8. The SMILES string of the molecule is C=C1C2CC[C@@]3(C)C(c4ccoc4)OC(=O)C[C@@]13OC1CC(OC(C)=O)C(C)(C)C(CC(=O)OC)[C@@]12C. The van der Waals surface area contributed by atoms with Crippen molar-refractivity contribution in [3.63, 3.8) is 0 Å². The van der Waals surface area contributed by atoms with Gasteiger partial charge in [-0.1, -0.05) is 34.3 Å². The summed E-state index contributed by atoms with van der Waals surface area (Å²) in [7, 11) is 1.39. The normalized spacial score (nSPS) is 42.2. The summed E-state index contributed by atoms with van der Waals surface area (Å²) in [6.45, 7) is 14.4. The maximum atomic E-state index is 13.1. The molecule has 0 radical (unpaired) electrons. The fourth-order valence-corrected chi connectivity index (χ4v) is 8.45. The summed E-state index contributed by atoms with van der Waals surface area (Å²) in [5, 5.41) is 0. The molecule has 4 fully saturated rings. The third-order valence-electron chi connectivity index (χ3n) is 10.5. The van der Waals surface area contributed by atoms with Gasteiger partial charge in [0, 0.05) is 41.6 Å². The minimum atomic E-state index is -0.949. The maximum absolute atomic E-state index is 13.1. The standard InChI is InChI=1S/C29H38O8/c1-16-19-8-10-27(5)25(18-9-11-34-15-18)36-24(32)14-29(16,27)37-22-13-21(35-17(2)30)26(3,4)20(28(19,22)6)12-23(31)33-7/h9,11,15,19-22,25H,1,8,10,12-14H2,2-7H3/t19?,20?,21?,22?,25?,27-,28-,29+/m0/s1. The first-order chi connectivity index (χ1) is 17.3. The molecule has 5 unspecified atom stereocenters. The Labute approximate surface area is 218 Å². The fraction of sp³-hybridized carbons (Fsp3) is 0.690. The Morgan fingerprint density at radius 3 is 2.57 bits per heavy atom. The third-order valence-corrected chi connectivity index (χ3v) is 10.5. The van der Waals surface area contributed by atoms with Crippen LogP contribution in [-0.2, 0) is 33.3 Å². The second kappa shape index (κ2) is 8.45. The molecule has 202 valence electrons. The number of furan rings is 1. The van der Waals surface area contributed by atoms with E-state index in [0.717, 1.165) is 24.0 Å². The van der Waals surface area contributed by atoms with Crippen molar-refractivity contribution in [2.45, 2.75) is 90.6 Å². The van der Waals surface area contributed by atoms with Crippen molar-refractivity contribution in [2.75, 3.05) is 7.11 Å². The van der Waals surface area contributed by atoms with Gasteiger partial charge in [-0.2, -0.15) is 0 Å². The van der Waals surface area contributed by atoms with Crippen LogP contribution in [0, 0.1) is 28.1 Å². The van der Waals surface area contributed by atoms with Gasteiger partial charge in [-0.3, -0.25) is 14.4 Å². The largest absolute Gasteiger partial charge is 0.472 e. The Kier molecular flexibility index (Phi) is 5.94. The van der Waals surface area contributed by atoms with E-state index in [-0.39, 0.29) is 48.7 Å². The summed E-state index contributed by atoms with van der Waals surface area (Å²) in [6, 6.07) is 1.83. The molecule has 4 aliphatic rings. The summed E-state index contributed by atoms with van der Waals surface area (Å²) in [6.07, 6.45) is 4.10. The Morgan fingerprint density at radius 1 is 1.22 bits per heavy atom. The zero-order valence-electron chi connectivity index (χ0n) is 22.6. The summed E-state index contributed by atoms with van der Waals surface area (Å²) < 4.78 is 29.4. The van der Waals surface area contributed by atoms with E-state index in [2.05, 4.69) is 34.3 Å². The fourth-order valence-electron chi connectivity index (χ4n) is 8.45. The first-order valence-electron chi connectivity index (χ1n) is 13.1. The molecule has 8 atom stereocenters. The average Bonchev–Trinajstić information content (AvgIpc) is 3.35. The lowest BCUT2D eigenvalue weighted by molar-refractivity contribution is -0.314. The number of fused-ring (bicyclic) bond motifs is 3. The Morgan fingerprint density at radius 2 is 1.95 bits per heavy atom. The predicted molar refractivity (Wildman–Crippen MR) is 132 cm³/mol. The highest BCUT2D eigenvalue weighted by Crippen LogP contribution is 2.72. The molecule has 0 aromatic carbocycles. The number of carbonyl (C=O) groups excluding carboxylic acids is 3. The topological polar surface area (TPSA) is 101 Å². The number of carbonyl (C=O) groups is 3. The number of cyclic esters (lactones) is 1. The molecule has 2 saturated heterocycles. The zero-order chi connectivity index (χ0) is 27.0. The first kappa shape index (κ1) is 26.0. The number of ether oxygens (including phenoxy) is 4. The molecule has 2 bridgehead atoms. The summed E-state index contributed by atoms with van der Waals surface area (Å²) in [4.78, 5) is 37.9. The van der Waals surface area contributed by atoms with Crippen LogP contribution < -0.4 is 0 Å². The smallest absolute Gasteiger partial charge is 0.309 e. The molecule has 2 aliphatic heterocycles. The number of methoxy groups -OCH3 is 1. The summed E-state index contributed by atoms with van der Waals surface area (Å²) >= 11 is 0. The summed E-state index contributed by atoms with van der Waals surface area (Å²) in [5.74, 6) is -1.23. The van der Waals surface area contributed by atoms with Gasteiger partial charge < -0.3 is 23.4 Å². The quantitative estimate of drug-likeness (QED) is 0.317. The van der Waals surface area contributed by atoms with Crippen LogP contribution in [0.25, 0.3) is 0 Å². The molecule has 0 N–H and O–H groups in total. The van der Waals surface area contributed by atoms with Crippen molar-refractivity contribution in [2.24, 2.45) is 28.1 Å². The number of esters is 3. The molecule has 37 heavy (non-hydrogen) atoms. The third kappa shape index (κ3) is 3.47. The van der Waals surface area contributed by atoms with Crippen molar-refractivity contribution in [1.29, 1.82) is 0 Å². The van der Waals surface area contributed by atoms with E-state index in [1.54, 1.807) is 12.5 Å². The van der Waals surface area contributed by atoms with Crippen LogP contribution in [0.5, 0.6) is 0 Å². The Hall–Kier alpha value is -2.61. The van der Waals surface area contributed by atoms with Gasteiger partial charge in [-0.05, 0) is 36.3 Å². The molecule has 2 saturated carbocycles. The molecule has 8 nitrogen and oxygen atoms in total. The first-order valence-corrected chi connectivity index (χ1v) is 13.1. The monoisotopic (exact) mass is 514 g/mol. The average molecular weight is 515 g/mol. The van der Waals surface area contributed by atoms with Crippen LogP contribution in [0.3, 0.4) is 0 Å². The van der Waals surface area contributed by atoms with Gasteiger partial charge in [0.1, 0.15) is 17.8 Å². The maximum Gasteiger partial charge on any atom is 0.309 e. The van der Waals surface area contributed by atoms with Crippen molar-refractivity contribution >= 4 is 17.9 Å². The van der Waals surface area contributed by atoms with Crippen molar-refractivity contribution in [3.8, 4) is 0 Å². The predicted octanol–water partition coefficient (Wildman–Crippen LogP) is 4.92. The minimum Gasteiger partial charge on any atom is -0.472 e. The lowest BCUT2D eigenvalue weighted by atomic mass is 9.41. The molecule has 1 aromatic rings. The Bertz CT molecular complexity index is 1120. The molecular formula is C29H38O8. The van der Waals surface area contributed by atoms with Gasteiger partial charge in [0.2, 0.25) is 0 Å². The second-order valence-corrected chi connectivity index (χ2v) is 12.4. The molecular weight excluding hydrogens is 476 g/mol. The highest BCUT2D eigenvalue weighted by Gasteiger charge is 2.73. The van der Waals surface area contributed by atoms with Gasteiger partial charge in [0.05, 0.1) is 32.2 Å². The highest BCUT2D eigenvalue weighted by molar-refractivity contribution is 5.74. The van der Waals surface area contributed by atoms with Crippen LogP contribution >= 0.6 is 0 Å². The van der Waals surface area contributed by atoms with Gasteiger partial charge in [0.25, 0.3) is 0 Å². The molecule has 1 spiro atoms. The van der Waals surface area contributed by atoms with Gasteiger partial charge in [-0.15, -0.1) is 0 Å². The highest BCUT2D eigenvalue weighted by atomic mass is 16.6. The molecule has 0 amide bonds. The van der Waals surface area contributed by atoms with Crippen LogP contribution in [0.1, 0.15) is 78.4 Å².